The molecule has 0 unspecified atom stereocenters. The fraction of sp³-hybridized carbons (Fsp3) is 0.700. The molecule has 80 valence electrons. The summed E-state index contributed by atoms with van der Waals surface area (Å²) in [6.07, 6.45) is 1.11. The number of hydrogen-bond acceptors (Lipinski definition) is 3. The SMILES string of the molecule is CCCN(C)c1c(N)c(C)nn1CC. The summed E-state index contributed by atoms with van der Waals surface area (Å²) >= 11 is 0. The Balaban J connectivity index is 3.04. The number of aryl methyl sites for hydroxylation is 2. The van der Waals surface area contributed by atoms with Gasteiger partial charge in [0.1, 0.15) is 5.82 Å². The highest BCUT2D eigenvalue weighted by Crippen LogP contribution is 2.25. The Morgan fingerprint density at radius 1 is 1.43 bits per heavy atom. The molecule has 0 atom stereocenters. The van der Waals surface area contributed by atoms with E-state index in [1.54, 1.807) is 0 Å². The zero-order valence-electron chi connectivity index (χ0n) is 9.54. The van der Waals surface area contributed by atoms with E-state index in [4.69, 9.17) is 5.73 Å². The van der Waals surface area contributed by atoms with Crippen molar-refractivity contribution < 1.29 is 0 Å². The number of rotatable bonds is 4. The molecule has 0 fully saturated rings. The fourth-order valence-electron chi connectivity index (χ4n) is 1.65. The summed E-state index contributed by atoms with van der Waals surface area (Å²) in [6, 6.07) is 0. The van der Waals surface area contributed by atoms with Crippen molar-refractivity contribution in [1.29, 1.82) is 0 Å². The van der Waals surface area contributed by atoms with E-state index in [-0.39, 0.29) is 0 Å². The van der Waals surface area contributed by atoms with E-state index in [0.29, 0.717) is 0 Å². The van der Waals surface area contributed by atoms with Crippen LogP contribution in [0.5, 0.6) is 0 Å². The Morgan fingerprint density at radius 2 is 2.07 bits per heavy atom. The van der Waals surface area contributed by atoms with E-state index in [1.165, 1.54) is 0 Å². The van der Waals surface area contributed by atoms with Gasteiger partial charge in [-0.3, -0.25) is 0 Å². The zero-order valence-corrected chi connectivity index (χ0v) is 9.54. The summed E-state index contributed by atoms with van der Waals surface area (Å²) in [7, 11) is 2.06. The molecule has 4 heteroatoms. The van der Waals surface area contributed by atoms with Crippen LogP contribution in [-0.4, -0.2) is 23.4 Å². The van der Waals surface area contributed by atoms with Crippen LogP contribution >= 0.6 is 0 Å². The van der Waals surface area contributed by atoms with Gasteiger partial charge < -0.3 is 10.6 Å². The van der Waals surface area contributed by atoms with E-state index in [2.05, 4.69) is 30.9 Å². The number of hydrogen-bond donors (Lipinski definition) is 1. The third kappa shape index (κ3) is 1.84. The minimum absolute atomic E-state index is 0.808. The van der Waals surface area contributed by atoms with Gasteiger partial charge in [0.25, 0.3) is 0 Å². The first-order valence-electron chi connectivity index (χ1n) is 5.15. The van der Waals surface area contributed by atoms with Crippen molar-refractivity contribution in [2.45, 2.75) is 33.7 Å². The molecule has 0 amide bonds. The highest BCUT2D eigenvalue weighted by Gasteiger charge is 2.14. The van der Waals surface area contributed by atoms with Crippen molar-refractivity contribution in [3.8, 4) is 0 Å². The van der Waals surface area contributed by atoms with Crippen LogP contribution in [0.4, 0.5) is 11.5 Å². The normalized spacial score (nSPS) is 10.6. The number of nitrogens with zero attached hydrogens (tertiary/aromatic N) is 3. The molecule has 0 saturated heterocycles. The van der Waals surface area contributed by atoms with Crippen LogP contribution in [0, 0.1) is 6.92 Å². The van der Waals surface area contributed by atoms with Crippen LogP contribution in [0.3, 0.4) is 0 Å². The van der Waals surface area contributed by atoms with Gasteiger partial charge in [0, 0.05) is 20.1 Å². The van der Waals surface area contributed by atoms with E-state index < -0.39 is 0 Å². The Kier molecular flexibility index (Phi) is 3.38. The average molecular weight is 196 g/mol. The topological polar surface area (TPSA) is 47.1 Å². The number of aromatic nitrogens is 2. The molecule has 1 heterocycles. The first kappa shape index (κ1) is 10.9. The van der Waals surface area contributed by atoms with Gasteiger partial charge in [0.2, 0.25) is 0 Å². The van der Waals surface area contributed by atoms with Crippen LogP contribution in [0.2, 0.25) is 0 Å². The highest BCUT2D eigenvalue weighted by atomic mass is 15.4. The second-order valence-corrected chi connectivity index (χ2v) is 3.56. The smallest absolute Gasteiger partial charge is 0.150 e. The molecule has 0 bridgehead atoms. The van der Waals surface area contributed by atoms with Crippen molar-refractivity contribution >= 4 is 11.5 Å². The van der Waals surface area contributed by atoms with Crippen molar-refractivity contribution in [2.75, 3.05) is 24.2 Å². The molecule has 0 aliphatic rings. The summed E-state index contributed by atoms with van der Waals surface area (Å²) < 4.78 is 1.96. The number of nitrogens with two attached hydrogens (primary N) is 1. The second kappa shape index (κ2) is 4.35. The van der Waals surface area contributed by atoms with Crippen LogP contribution < -0.4 is 10.6 Å². The monoisotopic (exact) mass is 196 g/mol. The van der Waals surface area contributed by atoms with Crippen LogP contribution in [0.15, 0.2) is 0 Å². The molecule has 0 aliphatic heterocycles. The molecule has 0 aromatic carbocycles. The molecule has 4 nitrogen and oxygen atoms in total. The molecule has 0 saturated carbocycles. The van der Waals surface area contributed by atoms with Gasteiger partial charge >= 0.3 is 0 Å². The summed E-state index contributed by atoms with van der Waals surface area (Å²) in [5.74, 6) is 1.05. The molecule has 1 aromatic rings. The minimum Gasteiger partial charge on any atom is -0.394 e. The van der Waals surface area contributed by atoms with Crippen LogP contribution in [-0.2, 0) is 6.54 Å². The average Bonchev–Trinajstić information content (AvgIpc) is 2.43. The first-order valence-corrected chi connectivity index (χ1v) is 5.15. The fourth-order valence-corrected chi connectivity index (χ4v) is 1.65. The quantitative estimate of drug-likeness (QED) is 0.796. The van der Waals surface area contributed by atoms with Crippen molar-refractivity contribution in [2.24, 2.45) is 0 Å². The Hall–Kier alpha value is -1.19. The Morgan fingerprint density at radius 3 is 2.57 bits per heavy atom. The molecule has 0 radical (unpaired) electrons. The maximum absolute atomic E-state index is 5.99. The van der Waals surface area contributed by atoms with Gasteiger partial charge in [-0.15, -0.1) is 0 Å². The lowest BCUT2D eigenvalue weighted by molar-refractivity contribution is 0.639. The molecule has 0 aliphatic carbocycles. The van der Waals surface area contributed by atoms with Gasteiger partial charge in [-0.25, -0.2) is 4.68 Å². The molecule has 0 spiro atoms. The van der Waals surface area contributed by atoms with Crippen molar-refractivity contribution in [3.05, 3.63) is 5.69 Å². The van der Waals surface area contributed by atoms with Gasteiger partial charge in [-0.1, -0.05) is 6.92 Å². The summed E-state index contributed by atoms with van der Waals surface area (Å²) in [4.78, 5) is 2.17. The Labute approximate surface area is 85.7 Å². The van der Waals surface area contributed by atoms with Gasteiger partial charge in [0.05, 0.1) is 11.4 Å². The summed E-state index contributed by atoms with van der Waals surface area (Å²) in [5.41, 5.74) is 7.71. The largest absolute Gasteiger partial charge is 0.394 e. The molecule has 14 heavy (non-hydrogen) atoms. The second-order valence-electron chi connectivity index (χ2n) is 3.56. The standard InChI is InChI=1S/C10H20N4/c1-5-7-13(4)10-9(11)8(3)12-14(10)6-2/h5-7,11H2,1-4H3. The van der Waals surface area contributed by atoms with Crippen LogP contribution in [0.1, 0.15) is 26.0 Å². The van der Waals surface area contributed by atoms with E-state index in [9.17, 15) is 0 Å². The number of anilines is 2. The minimum atomic E-state index is 0.808. The molecule has 1 rings (SSSR count). The van der Waals surface area contributed by atoms with E-state index in [0.717, 1.165) is 36.7 Å². The third-order valence-electron chi connectivity index (χ3n) is 2.37. The summed E-state index contributed by atoms with van der Waals surface area (Å²) in [6.45, 7) is 8.06. The lowest BCUT2D eigenvalue weighted by Gasteiger charge is -2.19. The lowest BCUT2D eigenvalue weighted by Crippen LogP contribution is -2.22. The predicted octanol–water partition coefficient (Wildman–Crippen LogP) is 1.64. The predicted molar refractivity (Wildman–Crippen MR) is 60.6 cm³/mol. The highest BCUT2D eigenvalue weighted by molar-refractivity contribution is 5.65. The Bertz CT molecular complexity index is 303. The van der Waals surface area contributed by atoms with E-state index in [1.807, 2.05) is 11.6 Å². The molecular weight excluding hydrogens is 176 g/mol. The molecule has 2 N–H and O–H groups in total. The zero-order chi connectivity index (χ0) is 10.7. The maximum Gasteiger partial charge on any atom is 0.150 e. The van der Waals surface area contributed by atoms with Gasteiger partial charge in [-0.2, -0.15) is 5.10 Å². The first-order chi connectivity index (χ1) is 6.61. The summed E-state index contributed by atoms with van der Waals surface area (Å²) in [5, 5.41) is 4.38. The van der Waals surface area contributed by atoms with Gasteiger partial charge in [-0.05, 0) is 20.3 Å². The third-order valence-corrected chi connectivity index (χ3v) is 2.37. The maximum atomic E-state index is 5.99. The van der Waals surface area contributed by atoms with E-state index >= 15 is 0 Å². The number of nitrogen functional groups attached to an aromatic ring is 1. The van der Waals surface area contributed by atoms with Crippen molar-refractivity contribution in [1.82, 2.24) is 9.78 Å². The lowest BCUT2D eigenvalue weighted by atomic mass is 10.3. The van der Waals surface area contributed by atoms with Crippen molar-refractivity contribution in [3.63, 3.8) is 0 Å². The molecule has 1 aromatic heterocycles. The van der Waals surface area contributed by atoms with Crippen LogP contribution in [0.25, 0.3) is 0 Å². The molecular formula is C10H20N4. The van der Waals surface area contributed by atoms with Gasteiger partial charge in [0.15, 0.2) is 0 Å².